The molecule has 2 heterocycles. The van der Waals surface area contributed by atoms with E-state index in [-0.39, 0.29) is 17.4 Å². The molecule has 1 aliphatic rings. The number of allylic oxidation sites excluding steroid dienone is 2. The number of rotatable bonds is 1. The molecule has 1 unspecified atom stereocenters. The quantitative estimate of drug-likeness (QED) is 0.822. The number of aromatic nitrogens is 1. The average molecular weight is 265 g/mol. The van der Waals surface area contributed by atoms with Crippen molar-refractivity contribution in [2.75, 3.05) is 0 Å². The number of hydrogen-bond acceptors (Lipinski definition) is 5. The van der Waals surface area contributed by atoms with Gasteiger partial charge in [-0.15, -0.1) is 0 Å². The maximum Gasteiger partial charge on any atom is 0.223 e. The number of aromatic hydroxyl groups is 1. The molecule has 98 valence electrons. The number of pyridine rings is 1. The largest absolute Gasteiger partial charge is 0.508 e. The minimum atomic E-state index is -0.303. The van der Waals surface area contributed by atoms with Crippen LogP contribution >= 0.6 is 0 Å². The van der Waals surface area contributed by atoms with Gasteiger partial charge in [-0.1, -0.05) is 12.1 Å². The summed E-state index contributed by atoms with van der Waals surface area (Å²) in [7, 11) is 0. The number of phenolic OH excluding ortho intramolecular Hbond substituents is 1. The first-order chi connectivity index (χ1) is 9.70. The van der Waals surface area contributed by atoms with Crippen LogP contribution in [0.25, 0.3) is 0 Å². The Morgan fingerprint density at radius 3 is 2.90 bits per heavy atom. The van der Waals surface area contributed by atoms with E-state index in [9.17, 15) is 5.11 Å². The highest BCUT2D eigenvalue weighted by Gasteiger charge is 2.29. The molecule has 5 nitrogen and oxygen atoms in total. The Balaban J connectivity index is 2.22. The van der Waals surface area contributed by atoms with E-state index in [0.29, 0.717) is 11.4 Å². The number of nitrogens with zero attached hydrogens (tertiary/aromatic N) is 2. The van der Waals surface area contributed by atoms with Crippen LogP contribution in [-0.4, -0.2) is 10.1 Å². The number of nitrogens with two attached hydrogens (primary N) is 1. The van der Waals surface area contributed by atoms with Crippen LogP contribution in [0.5, 0.6) is 11.5 Å². The van der Waals surface area contributed by atoms with Crippen molar-refractivity contribution in [1.82, 2.24) is 4.98 Å². The first-order valence-corrected chi connectivity index (χ1v) is 6.01. The third kappa shape index (κ3) is 1.84. The van der Waals surface area contributed by atoms with Crippen molar-refractivity contribution in [3.05, 3.63) is 65.3 Å². The van der Waals surface area contributed by atoms with Crippen LogP contribution in [-0.2, 0) is 0 Å². The summed E-state index contributed by atoms with van der Waals surface area (Å²) in [5.41, 5.74) is 8.07. The lowest BCUT2D eigenvalue weighted by Gasteiger charge is -2.26. The molecule has 1 atom stereocenters. The molecule has 0 saturated heterocycles. The van der Waals surface area contributed by atoms with Crippen LogP contribution in [0.15, 0.2) is 54.2 Å². The van der Waals surface area contributed by atoms with E-state index >= 15 is 0 Å². The molecular formula is C15H11N3O2. The van der Waals surface area contributed by atoms with Crippen LogP contribution in [0.3, 0.4) is 0 Å². The summed E-state index contributed by atoms with van der Waals surface area (Å²) < 4.78 is 5.44. The molecule has 1 aromatic carbocycles. The zero-order valence-electron chi connectivity index (χ0n) is 10.4. The molecule has 0 spiro atoms. The van der Waals surface area contributed by atoms with Gasteiger partial charge in [0.05, 0.1) is 11.6 Å². The van der Waals surface area contributed by atoms with Gasteiger partial charge < -0.3 is 15.6 Å². The summed E-state index contributed by atoms with van der Waals surface area (Å²) >= 11 is 0. The molecular weight excluding hydrogens is 254 g/mol. The molecule has 0 saturated carbocycles. The van der Waals surface area contributed by atoms with Gasteiger partial charge in [0.15, 0.2) is 0 Å². The van der Waals surface area contributed by atoms with Crippen molar-refractivity contribution in [1.29, 1.82) is 5.26 Å². The zero-order chi connectivity index (χ0) is 14.1. The van der Waals surface area contributed by atoms with Gasteiger partial charge in [-0.05, 0) is 17.7 Å². The first kappa shape index (κ1) is 12.1. The third-order valence-electron chi connectivity index (χ3n) is 3.21. The van der Waals surface area contributed by atoms with Gasteiger partial charge in [0.1, 0.15) is 17.6 Å². The van der Waals surface area contributed by atoms with Gasteiger partial charge in [-0.2, -0.15) is 5.26 Å². The SMILES string of the molecule is N#CC1=C(N)C(c2cccnc2)c2ccc(O)cc2O1. The minimum Gasteiger partial charge on any atom is -0.508 e. The molecule has 20 heavy (non-hydrogen) atoms. The Hall–Kier alpha value is -3.00. The van der Waals surface area contributed by atoms with Crippen LogP contribution in [0.4, 0.5) is 0 Å². The number of ether oxygens (including phenoxy) is 1. The predicted octanol–water partition coefficient (Wildman–Crippen LogP) is 2.01. The van der Waals surface area contributed by atoms with Gasteiger partial charge in [-0.3, -0.25) is 4.98 Å². The molecule has 5 heteroatoms. The Kier molecular flexibility index (Phi) is 2.77. The van der Waals surface area contributed by atoms with Gasteiger partial charge in [-0.25, -0.2) is 0 Å². The molecule has 3 N–H and O–H groups in total. The Bertz CT molecular complexity index is 733. The fraction of sp³-hybridized carbons (Fsp3) is 0.0667. The molecule has 1 aromatic heterocycles. The van der Waals surface area contributed by atoms with E-state index in [0.717, 1.165) is 11.1 Å². The number of benzene rings is 1. The van der Waals surface area contributed by atoms with Crippen LogP contribution in [0.2, 0.25) is 0 Å². The van der Waals surface area contributed by atoms with E-state index in [4.69, 9.17) is 15.7 Å². The normalized spacial score (nSPS) is 17.1. The summed E-state index contributed by atoms with van der Waals surface area (Å²) in [6.07, 6.45) is 3.38. The lowest BCUT2D eigenvalue weighted by molar-refractivity contribution is 0.407. The maximum atomic E-state index is 9.55. The molecule has 0 radical (unpaired) electrons. The summed E-state index contributed by atoms with van der Waals surface area (Å²) in [6.45, 7) is 0. The van der Waals surface area contributed by atoms with Crippen LogP contribution in [0.1, 0.15) is 17.0 Å². The van der Waals surface area contributed by atoms with Crippen molar-refractivity contribution >= 4 is 0 Å². The maximum absolute atomic E-state index is 9.55. The molecule has 2 aromatic rings. The number of hydrogen-bond donors (Lipinski definition) is 2. The van der Waals surface area contributed by atoms with Gasteiger partial charge >= 0.3 is 0 Å². The minimum absolute atomic E-state index is 0.0527. The van der Waals surface area contributed by atoms with Crippen molar-refractivity contribution in [3.63, 3.8) is 0 Å². The van der Waals surface area contributed by atoms with Crippen molar-refractivity contribution in [3.8, 4) is 17.6 Å². The van der Waals surface area contributed by atoms with Crippen LogP contribution < -0.4 is 10.5 Å². The monoisotopic (exact) mass is 265 g/mol. The van der Waals surface area contributed by atoms with Crippen LogP contribution in [0, 0.1) is 11.3 Å². The highest BCUT2D eigenvalue weighted by Crippen LogP contribution is 2.42. The molecule has 0 bridgehead atoms. The van der Waals surface area contributed by atoms with E-state index in [1.54, 1.807) is 24.5 Å². The topological polar surface area (TPSA) is 92.2 Å². The molecule has 1 aliphatic heterocycles. The molecule has 3 rings (SSSR count). The summed E-state index contributed by atoms with van der Waals surface area (Å²) in [5.74, 6) is 0.260. The van der Waals surface area contributed by atoms with Crippen molar-refractivity contribution < 1.29 is 9.84 Å². The third-order valence-corrected chi connectivity index (χ3v) is 3.21. The standard InChI is InChI=1S/C15H11N3O2/c16-7-13-15(17)14(9-2-1-5-18-8-9)11-4-3-10(19)6-12(11)20-13/h1-6,8,14,19H,17H2. The number of phenols is 1. The first-order valence-electron chi connectivity index (χ1n) is 6.01. The second kappa shape index (κ2) is 4.59. The lowest BCUT2D eigenvalue weighted by Crippen LogP contribution is -2.21. The Morgan fingerprint density at radius 1 is 1.35 bits per heavy atom. The lowest BCUT2D eigenvalue weighted by atomic mass is 9.87. The fourth-order valence-corrected chi connectivity index (χ4v) is 2.31. The second-order valence-corrected chi connectivity index (χ2v) is 4.44. The zero-order valence-corrected chi connectivity index (χ0v) is 10.4. The van der Waals surface area contributed by atoms with E-state index in [1.165, 1.54) is 6.07 Å². The van der Waals surface area contributed by atoms with E-state index in [1.807, 2.05) is 18.2 Å². The summed E-state index contributed by atoms with van der Waals surface area (Å²) in [6, 6.07) is 10.4. The molecule has 0 fully saturated rings. The average Bonchev–Trinajstić information content (AvgIpc) is 2.47. The number of fused-ring (bicyclic) bond motifs is 1. The Morgan fingerprint density at radius 2 is 2.20 bits per heavy atom. The van der Waals surface area contributed by atoms with Gasteiger partial charge in [0.25, 0.3) is 0 Å². The van der Waals surface area contributed by atoms with E-state index < -0.39 is 0 Å². The smallest absolute Gasteiger partial charge is 0.223 e. The highest BCUT2D eigenvalue weighted by molar-refractivity contribution is 5.54. The van der Waals surface area contributed by atoms with Crippen molar-refractivity contribution in [2.45, 2.75) is 5.92 Å². The van der Waals surface area contributed by atoms with E-state index in [2.05, 4.69) is 4.98 Å². The summed E-state index contributed by atoms with van der Waals surface area (Å²) in [4.78, 5) is 4.08. The van der Waals surface area contributed by atoms with Crippen molar-refractivity contribution in [2.24, 2.45) is 5.73 Å². The molecule has 0 aliphatic carbocycles. The van der Waals surface area contributed by atoms with Gasteiger partial charge in [0, 0.05) is 24.0 Å². The Labute approximate surface area is 115 Å². The predicted molar refractivity (Wildman–Crippen MR) is 71.6 cm³/mol. The summed E-state index contributed by atoms with van der Waals surface area (Å²) in [5, 5.41) is 18.7. The molecule has 0 amide bonds. The van der Waals surface area contributed by atoms with Gasteiger partial charge in [0.2, 0.25) is 5.76 Å². The highest BCUT2D eigenvalue weighted by atomic mass is 16.5. The number of nitriles is 1. The second-order valence-electron chi connectivity index (χ2n) is 4.44. The fourth-order valence-electron chi connectivity index (χ4n) is 2.31.